The Labute approximate surface area is 128 Å². The predicted molar refractivity (Wildman–Crippen MR) is 85.0 cm³/mol. The molecule has 0 unspecified atom stereocenters. The maximum absolute atomic E-state index is 4.73. The summed E-state index contributed by atoms with van der Waals surface area (Å²) in [5.74, 6) is 1.64. The molecule has 20 heavy (non-hydrogen) atoms. The molecule has 0 saturated carbocycles. The third kappa shape index (κ3) is 3.33. The summed E-state index contributed by atoms with van der Waals surface area (Å²) in [6.07, 6.45) is 4.28. The van der Waals surface area contributed by atoms with Crippen LogP contribution < -0.4 is 5.32 Å². The Morgan fingerprint density at radius 2 is 1.80 bits per heavy atom. The van der Waals surface area contributed by atoms with Crippen molar-refractivity contribution in [2.75, 3.05) is 12.4 Å². The van der Waals surface area contributed by atoms with Crippen molar-refractivity contribution in [1.82, 2.24) is 15.0 Å². The highest BCUT2D eigenvalue weighted by Gasteiger charge is 2.22. The van der Waals surface area contributed by atoms with Gasteiger partial charge < -0.3 is 5.32 Å². The largest absolute Gasteiger partial charge is 0.372 e. The van der Waals surface area contributed by atoms with E-state index in [4.69, 9.17) is 4.98 Å². The third-order valence-electron chi connectivity index (χ3n) is 2.96. The number of hydrogen-bond donors (Lipinski definition) is 1. The van der Waals surface area contributed by atoms with Gasteiger partial charge in [-0.1, -0.05) is 20.8 Å². The molecular formula is C15H19BrN4. The Balaban J connectivity index is 2.44. The molecule has 0 aliphatic rings. The second-order valence-corrected chi connectivity index (χ2v) is 6.48. The minimum absolute atomic E-state index is 0.0413. The van der Waals surface area contributed by atoms with Crippen LogP contribution >= 0.6 is 15.9 Å². The van der Waals surface area contributed by atoms with E-state index in [1.54, 1.807) is 12.4 Å². The van der Waals surface area contributed by atoms with Crippen LogP contribution in [0.4, 0.5) is 5.82 Å². The molecule has 0 radical (unpaired) electrons. The lowest BCUT2D eigenvalue weighted by molar-refractivity contribution is 0.559. The first kappa shape index (κ1) is 14.9. The first-order valence-corrected chi connectivity index (χ1v) is 7.34. The van der Waals surface area contributed by atoms with Crippen molar-refractivity contribution < 1.29 is 0 Å². The summed E-state index contributed by atoms with van der Waals surface area (Å²) in [6.45, 7) is 6.45. The van der Waals surface area contributed by atoms with Crippen LogP contribution in [-0.2, 0) is 11.8 Å². The first-order chi connectivity index (χ1) is 9.41. The molecule has 2 heterocycles. The molecule has 5 heteroatoms. The number of aromatic nitrogens is 3. The zero-order valence-electron chi connectivity index (χ0n) is 12.2. The molecule has 1 N–H and O–H groups in total. The lowest BCUT2D eigenvalue weighted by Gasteiger charge is -2.21. The highest BCUT2D eigenvalue weighted by molar-refractivity contribution is 9.10. The van der Waals surface area contributed by atoms with E-state index in [9.17, 15) is 0 Å². The Hall–Kier alpha value is -1.49. The van der Waals surface area contributed by atoms with Crippen LogP contribution in [0.2, 0.25) is 0 Å². The molecule has 2 aromatic heterocycles. The Kier molecular flexibility index (Phi) is 4.38. The van der Waals surface area contributed by atoms with Gasteiger partial charge in [-0.2, -0.15) is 0 Å². The molecule has 0 saturated heterocycles. The summed E-state index contributed by atoms with van der Waals surface area (Å²) in [5.41, 5.74) is 2.13. The molecule has 4 nitrogen and oxygen atoms in total. The summed E-state index contributed by atoms with van der Waals surface area (Å²) in [7, 11) is 1.87. The van der Waals surface area contributed by atoms with Gasteiger partial charge in [-0.15, -0.1) is 0 Å². The highest BCUT2D eigenvalue weighted by Crippen LogP contribution is 2.32. The van der Waals surface area contributed by atoms with Crippen LogP contribution in [0.1, 0.15) is 37.9 Å². The highest BCUT2D eigenvalue weighted by atomic mass is 79.9. The fourth-order valence-electron chi connectivity index (χ4n) is 1.92. The average Bonchev–Trinajstić information content (AvgIpc) is 2.40. The van der Waals surface area contributed by atoms with Crippen molar-refractivity contribution in [3.63, 3.8) is 0 Å². The van der Waals surface area contributed by atoms with Crippen molar-refractivity contribution in [2.45, 2.75) is 32.6 Å². The Bertz CT molecular complexity index is 591. The maximum atomic E-state index is 4.73. The zero-order chi connectivity index (χ0) is 14.8. The molecule has 2 rings (SSSR count). The molecule has 0 aliphatic carbocycles. The minimum atomic E-state index is -0.0413. The van der Waals surface area contributed by atoms with E-state index in [-0.39, 0.29) is 5.41 Å². The maximum Gasteiger partial charge on any atom is 0.144 e. The molecule has 0 atom stereocenters. The smallest absolute Gasteiger partial charge is 0.144 e. The number of anilines is 1. The standard InChI is InChI=1S/C15H19BrN4/c1-15(2,3)13-12(16)14(17-4)20-11(19-13)9-10-5-7-18-8-6-10/h5-8H,9H2,1-4H3,(H,17,19,20). The second-order valence-electron chi connectivity index (χ2n) is 5.68. The summed E-state index contributed by atoms with van der Waals surface area (Å²) >= 11 is 3.60. The van der Waals surface area contributed by atoms with E-state index in [2.05, 4.69) is 52.0 Å². The van der Waals surface area contributed by atoms with Crippen molar-refractivity contribution in [2.24, 2.45) is 0 Å². The number of nitrogens with one attached hydrogen (secondary N) is 1. The van der Waals surface area contributed by atoms with Gasteiger partial charge in [0.05, 0.1) is 10.2 Å². The second kappa shape index (κ2) is 5.87. The number of nitrogens with zero attached hydrogens (tertiary/aromatic N) is 3. The summed E-state index contributed by atoms with van der Waals surface area (Å²) in [4.78, 5) is 13.3. The normalized spacial score (nSPS) is 11.4. The lowest BCUT2D eigenvalue weighted by atomic mass is 9.91. The van der Waals surface area contributed by atoms with Gasteiger partial charge in [0, 0.05) is 31.3 Å². The summed E-state index contributed by atoms with van der Waals surface area (Å²) in [6, 6.07) is 3.97. The monoisotopic (exact) mass is 334 g/mol. The van der Waals surface area contributed by atoms with Crippen molar-refractivity contribution >= 4 is 21.7 Å². The molecule has 0 fully saturated rings. The Morgan fingerprint density at radius 1 is 1.15 bits per heavy atom. The molecule has 0 bridgehead atoms. The Morgan fingerprint density at radius 3 is 2.35 bits per heavy atom. The van der Waals surface area contributed by atoms with Crippen LogP contribution in [-0.4, -0.2) is 22.0 Å². The number of rotatable bonds is 3. The minimum Gasteiger partial charge on any atom is -0.372 e. The van der Waals surface area contributed by atoms with Gasteiger partial charge in [0.25, 0.3) is 0 Å². The number of hydrogen-bond acceptors (Lipinski definition) is 4. The fourth-order valence-corrected chi connectivity index (χ4v) is 2.89. The molecular weight excluding hydrogens is 316 g/mol. The van der Waals surface area contributed by atoms with E-state index >= 15 is 0 Å². The van der Waals surface area contributed by atoms with E-state index in [0.717, 1.165) is 27.4 Å². The van der Waals surface area contributed by atoms with Crippen molar-refractivity contribution in [3.8, 4) is 0 Å². The topological polar surface area (TPSA) is 50.7 Å². The molecule has 0 spiro atoms. The van der Waals surface area contributed by atoms with Crippen LogP contribution in [0.3, 0.4) is 0 Å². The molecule has 2 aromatic rings. The van der Waals surface area contributed by atoms with Gasteiger partial charge in [0.2, 0.25) is 0 Å². The van der Waals surface area contributed by atoms with Gasteiger partial charge in [-0.05, 0) is 33.6 Å². The third-order valence-corrected chi connectivity index (χ3v) is 3.71. The van der Waals surface area contributed by atoms with Crippen LogP contribution in [0.15, 0.2) is 29.0 Å². The van der Waals surface area contributed by atoms with E-state index < -0.39 is 0 Å². The molecule has 0 aromatic carbocycles. The quantitative estimate of drug-likeness (QED) is 0.932. The lowest BCUT2D eigenvalue weighted by Crippen LogP contribution is -2.18. The van der Waals surface area contributed by atoms with E-state index in [0.29, 0.717) is 6.42 Å². The van der Waals surface area contributed by atoms with Gasteiger partial charge in [-0.3, -0.25) is 4.98 Å². The SMILES string of the molecule is CNc1nc(Cc2ccncc2)nc(C(C)(C)C)c1Br. The van der Waals surface area contributed by atoms with Gasteiger partial charge in [-0.25, -0.2) is 9.97 Å². The molecule has 106 valence electrons. The zero-order valence-corrected chi connectivity index (χ0v) is 13.8. The summed E-state index contributed by atoms with van der Waals surface area (Å²) < 4.78 is 0.936. The first-order valence-electron chi connectivity index (χ1n) is 6.55. The molecule has 0 aliphatic heterocycles. The number of pyridine rings is 1. The van der Waals surface area contributed by atoms with Crippen molar-refractivity contribution in [1.29, 1.82) is 0 Å². The van der Waals surface area contributed by atoms with Gasteiger partial charge >= 0.3 is 0 Å². The van der Waals surface area contributed by atoms with Crippen LogP contribution in [0.5, 0.6) is 0 Å². The van der Waals surface area contributed by atoms with Crippen molar-refractivity contribution in [3.05, 3.63) is 46.1 Å². The van der Waals surface area contributed by atoms with Gasteiger partial charge in [0.1, 0.15) is 11.6 Å². The van der Waals surface area contributed by atoms with Gasteiger partial charge in [0.15, 0.2) is 0 Å². The molecule has 0 amide bonds. The van der Waals surface area contributed by atoms with Crippen LogP contribution in [0.25, 0.3) is 0 Å². The fraction of sp³-hybridized carbons (Fsp3) is 0.400. The number of halogens is 1. The average molecular weight is 335 g/mol. The van der Waals surface area contributed by atoms with E-state index in [1.165, 1.54) is 0 Å². The predicted octanol–water partition coefficient (Wildman–Crippen LogP) is 3.56. The van der Waals surface area contributed by atoms with Crippen LogP contribution in [0, 0.1) is 0 Å². The summed E-state index contributed by atoms with van der Waals surface area (Å²) in [5, 5.41) is 3.12. The van der Waals surface area contributed by atoms with E-state index in [1.807, 2.05) is 19.2 Å².